The maximum absolute atomic E-state index is 3.86. The summed E-state index contributed by atoms with van der Waals surface area (Å²) in [6.45, 7) is 18.1. The zero-order chi connectivity index (χ0) is 29.4. The number of H-pyrrole nitrogens is 4. The van der Waals surface area contributed by atoms with E-state index in [-0.39, 0.29) is 0 Å². The number of fused-ring (bicyclic) bond motifs is 16. The van der Waals surface area contributed by atoms with Gasteiger partial charge in [0.05, 0.1) is 6.07 Å². The van der Waals surface area contributed by atoms with E-state index >= 15 is 0 Å². The largest absolute Gasteiger partial charge is 0.355 e. The molecule has 0 unspecified atom stereocenters. The second-order valence-corrected chi connectivity index (χ2v) is 13.0. The molecule has 214 valence electrons. The molecule has 3 aromatic heterocycles. The van der Waals surface area contributed by atoms with Crippen LogP contribution in [-0.2, 0) is 25.7 Å². The smallest absolute Gasteiger partial charge is 0.214 e. The fourth-order valence-electron chi connectivity index (χ4n) is 7.43. The van der Waals surface area contributed by atoms with Crippen LogP contribution < -0.4 is 9.97 Å². The van der Waals surface area contributed by atoms with Gasteiger partial charge in [-0.2, -0.15) is 0 Å². The van der Waals surface area contributed by atoms with Crippen LogP contribution in [0, 0.1) is 27.7 Å². The van der Waals surface area contributed by atoms with Gasteiger partial charge in [-0.15, -0.1) is 0 Å². The second-order valence-electron chi connectivity index (χ2n) is 13.0. The topological polar surface area (TPSA) is 59.9 Å². The summed E-state index contributed by atoms with van der Waals surface area (Å²) in [6.07, 6.45) is 6.73. The zero-order valence-corrected chi connectivity index (χ0v) is 26.6. The van der Waals surface area contributed by atoms with Crippen molar-refractivity contribution in [3.8, 4) is 0 Å². The third kappa shape index (κ3) is 4.10. The summed E-state index contributed by atoms with van der Waals surface area (Å²) in [4.78, 5) is 15.4. The second kappa shape index (κ2) is 9.83. The lowest BCUT2D eigenvalue weighted by molar-refractivity contribution is -0.389. The lowest BCUT2D eigenvalue weighted by atomic mass is 9.93. The van der Waals surface area contributed by atoms with Crippen molar-refractivity contribution in [2.45, 2.75) is 93.9 Å². The summed E-state index contributed by atoms with van der Waals surface area (Å²) < 4.78 is 0. The normalized spacial score (nSPS) is 15.8. The van der Waals surface area contributed by atoms with E-state index in [1.54, 1.807) is 0 Å². The number of rotatable bonds is 0. The lowest BCUT2D eigenvalue weighted by Gasteiger charge is -2.10. The molecular formula is C38H44N4+2. The maximum Gasteiger partial charge on any atom is 0.214 e. The molecule has 5 heterocycles. The van der Waals surface area contributed by atoms with Crippen LogP contribution in [0.15, 0.2) is 24.3 Å². The summed E-state index contributed by atoms with van der Waals surface area (Å²) in [7, 11) is 0. The van der Waals surface area contributed by atoms with E-state index in [2.05, 4.69) is 99.6 Å². The third-order valence-electron chi connectivity index (χ3n) is 10.7. The highest BCUT2D eigenvalue weighted by atomic mass is 14.8. The van der Waals surface area contributed by atoms with E-state index in [0.717, 1.165) is 25.7 Å². The number of nitrogens with one attached hydrogen (secondary N) is 4. The monoisotopic (exact) mass is 556 g/mol. The first-order valence-corrected chi connectivity index (χ1v) is 15.7. The Morgan fingerprint density at radius 3 is 1.29 bits per heavy atom. The quantitative estimate of drug-likeness (QED) is 0.279. The molecule has 12 bridgehead atoms. The molecule has 2 aliphatic carbocycles. The molecule has 7 rings (SSSR count). The molecule has 4 nitrogen and oxygen atoms in total. The van der Waals surface area contributed by atoms with E-state index < -0.39 is 0 Å². The highest BCUT2D eigenvalue weighted by molar-refractivity contribution is 5.91. The average Bonchev–Trinajstić information content (AvgIpc) is 3.64. The molecule has 42 heavy (non-hydrogen) atoms. The number of hydrogen-bond donors (Lipinski definition) is 2. The predicted molar refractivity (Wildman–Crippen MR) is 175 cm³/mol. The van der Waals surface area contributed by atoms with E-state index in [9.17, 15) is 0 Å². The third-order valence-corrected chi connectivity index (χ3v) is 10.7. The van der Waals surface area contributed by atoms with Gasteiger partial charge in [-0.3, -0.25) is 0 Å². The number of hydrogen-bond acceptors (Lipinski definition) is 0. The molecule has 0 aromatic carbocycles. The van der Waals surface area contributed by atoms with Crippen molar-refractivity contribution < 1.29 is 9.97 Å². The van der Waals surface area contributed by atoms with Gasteiger partial charge in [0.15, 0.2) is 0 Å². The molecule has 0 amide bonds. The Labute approximate surface area is 249 Å². The molecule has 4 aliphatic rings. The Hall–Kier alpha value is -3.92. The molecule has 4 N–H and O–H groups in total. The van der Waals surface area contributed by atoms with E-state index in [0.29, 0.717) is 0 Å². The van der Waals surface area contributed by atoms with Crippen LogP contribution in [0.4, 0.5) is 0 Å². The van der Waals surface area contributed by atoms with Gasteiger partial charge in [0, 0.05) is 55.5 Å². The minimum Gasteiger partial charge on any atom is -0.355 e. The Morgan fingerprint density at radius 2 is 0.857 bits per heavy atom. The van der Waals surface area contributed by atoms with Gasteiger partial charge in [0.1, 0.15) is 0 Å². The van der Waals surface area contributed by atoms with Crippen molar-refractivity contribution in [3.05, 3.63) is 91.5 Å². The number of aromatic amines is 4. The van der Waals surface area contributed by atoms with Crippen molar-refractivity contribution in [2.75, 3.05) is 0 Å². The van der Waals surface area contributed by atoms with Crippen molar-refractivity contribution >= 4 is 44.4 Å². The minimum absolute atomic E-state index is 1.10. The molecule has 0 fully saturated rings. The van der Waals surface area contributed by atoms with Crippen molar-refractivity contribution in [1.29, 1.82) is 0 Å². The van der Waals surface area contributed by atoms with Crippen LogP contribution >= 0.6 is 0 Å². The number of aryl methyl sites for hydroxylation is 8. The molecule has 0 saturated carbocycles. The van der Waals surface area contributed by atoms with Gasteiger partial charge < -0.3 is 9.97 Å². The van der Waals surface area contributed by atoms with Gasteiger partial charge >= 0.3 is 0 Å². The van der Waals surface area contributed by atoms with Crippen LogP contribution in [0.3, 0.4) is 0 Å². The van der Waals surface area contributed by atoms with Gasteiger partial charge in [-0.1, -0.05) is 0 Å². The Bertz CT molecular complexity index is 1870. The molecular weight excluding hydrogens is 512 g/mol. The van der Waals surface area contributed by atoms with Crippen molar-refractivity contribution in [3.63, 3.8) is 0 Å². The van der Waals surface area contributed by atoms with Gasteiger partial charge in [-0.25, -0.2) is 9.97 Å². The predicted octanol–water partition coefficient (Wildman–Crippen LogP) is 8.39. The summed E-state index contributed by atoms with van der Waals surface area (Å²) in [5.74, 6) is 0. The van der Waals surface area contributed by atoms with Crippen molar-refractivity contribution in [1.82, 2.24) is 9.97 Å². The Kier molecular flexibility index (Phi) is 6.31. The molecule has 4 heteroatoms. The molecule has 0 atom stereocenters. The summed E-state index contributed by atoms with van der Waals surface area (Å²) >= 11 is 0. The van der Waals surface area contributed by atoms with Crippen molar-refractivity contribution in [2.24, 2.45) is 0 Å². The van der Waals surface area contributed by atoms with Crippen LogP contribution in [0.1, 0.15) is 108 Å². The first-order valence-electron chi connectivity index (χ1n) is 15.7. The van der Waals surface area contributed by atoms with E-state index in [1.807, 2.05) is 0 Å². The molecule has 3 aromatic rings. The van der Waals surface area contributed by atoms with E-state index in [4.69, 9.17) is 0 Å². The average molecular weight is 557 g/mol. The summed E-state index contributed by atoms with van der Waals surface area (Å²) in [5, 5.41) is 0. The zero-order valence-electron chi connectivity index (χ0n) is 26.6. The molecule has 0 spiro atoms. The van der Waals surface area contributed by atoms with Gasteiger partial charge in [0.25, 0.3) is 0 Å². The standard InChI is InChI=1S/C38H42N4/c1-19-23(5)35-27-11-9-12-28(15-27)37-25(7)21(3)33(41-37)18-34-22(4)26(8)38(42-34)30-14-10-13-29(16-30)36-24(6)20(2)32(40-36)17-31(19)39-35/h15-18,39-40H,9-14H2,1-8H3/p+2. The summed E-state index contributed by atoms with van der Waals surface area (Å²) in [5.41, 5.74) is 26.4. The molecule has 0 radical (unpaired) electrons. The van der Waals surface area contributed by atoms with Gasteiger partial charge in [-0.05, 0) is 145 Å². The van der Waals surface area contributed by atoms with Crippen LogP contribution in [-0.4, -0.2) is 9.97 Å². The minimum atomic E-state index is 1.10. The highest BCUT2D eigenvalue weighted by Gasteiger charge is 2.29. The molecule has 2 aliphatic heterocycles. The Balaban J connectivity index is 1.65. The SMILES string of the molecule is CC1=C(C)c2[nH+]c1cc1[nH+]c(c3cc(c4[nH]c(cc5[nH]c(c6cc2CCC6)c(C)c5C)c(C)c4C)CCC3)C(C)=C1C. The molecule has 0 saturated heterocycles. The maximum atomic E-state index is 3.86. The first-order chi connectivity index (χ1) is 20.1. The number of allylic oxidation sites excluding steroid dienone is 4. The van der Waals surface area contributed by atoms with Crippen LogP contribution in [0.5, 0.6) is 0 Å². The number of aromatic nitrogens is 4. The van der Waals surface area contributed by atoms with Crippen LogP contribution in [0.2, 0.25) is 0 Å². The van der Waals surface area contributed by atoms with E-state index in [1.165, 1.54) is 124 Å². The Morgan fingerprint density at radius 1 is 0.452 bits per heavy atom. The summed E-state index contributed by atoms with van der Waals surface area (Å²) in [6, 6.07) is 9.59. The first kappa shape index (κ1) is 26.9. The van der Waals surface area contributed by atoms with Gasteiger partial charge in [0.2, 0.25) is 22.8 Å². The lowest BCUT2D eigenvalue weighted by Crippen LogP contribution is -2.14. The highest BCUT2D eigenvalue weighted by Crippen LogP contribution is 2.35. The van der Waals surface area contributed by atoms with Crippen LogP contribution in [0.25, 0.3) is 44.4 Å². The fraction of sp³-hybridized carbons (Fsp3) is 0.368. The fourth-order valence-corrected chi connectivity index (χ4v) is 7.43.